The van der Waals surface area contributed by atoms with Crippen molar-refractivity contribution in [3.63, 3.8) is 0 Å². The van der Waals surface area contributed by atoms with Gasteiger partial charge in [0.2, 0.25) is 10.0 Å². The zero-order valence-electron chi connectivity index (χ0n) is 19.0. The maximum absolute atomic E-state index is 13.6. The third-order valence-electron chi connectivity index (χ3n) is 5.99. The number of hydrogen-bond acceptors (Lipinski definition) is 6. The monoisotopic (exact) mass is 495 g/mol. The summed E-state index contributed by atoms with van der Waals surface area (Å²) in [5.41, 5.74) is 3.45. The summed E-state index contributed by atoms with van der Waals surface area (Å²) in [6.07, 6.45) is 3.32. The molecule has 9 heteroatoms. The fraction of sp³-hybridized carbons (Fsp3) is 0.280. The van der Waals surface area contributed by atoms with Crippen molar-refractivity contribution in [1.82, 2.24) is 9.29 Å². The first-order valence-electron chi connectivity index (χ1n) is 11.2. The standard InChI is InChI=1S/C25H25N3O4S2/c1-17-14-18(2)23-22(15-17)33-25(26-23)28(16-20-6-5-13-32-20)24(29)19-7-9-21(10-8-19)34(30,31)27-11-3-4-12-27/h5-10,13-15H,3-4,11-12,16H2,1-2H3. The van der Waals surface area contributed by atoms with E-state index in [2.05, 4.69) is 12.1 Å². The van der Waals surface area contributed by atoms with Gasteiger partial charge in [0.15, 0.2) is 5.13 Å². The Labute approximate surface area is 202 Å². The summed E-state index contributed by atoms with van der Waals surface area (Å²) in [6.45, 7) is 5.34. The molecule has 1 fully saturated rings. The second-order valence-electron chi connectivity index (χ2n) is 8.53. The molecule has 1 amide bonds. The van der Waals surface area contributed by atoms with Crippen molar-refractivity contribution in [2.24, 2.45) is 0 Å². The lowest BCUT2D eigenvalue weighted by atomic mass is 10.1. The number of aromatic nitrogens is 1. The van der Waals surface area contributed by atoms with Gasteiger partial charge in [-0.2, -0.15) is 4.31 Å². The van der Waals surface area contributed by atoms with E-state index >= 15 is 0 Å². The first-order valence-corrected chi connectivity index (χ1v) is 13.4. The summed E-state index contributed by atoms with van der Waals surface area (Å²) in [5.74, 6) is 0.365. The van der Waals surface area contributed by atoms with E-state index in [1.54, 1.807) is 29.4 Å². The fourth-order valence-corrected chi connectivity index (χ4v) is 6.92. The summed E-state index contributed by atoms with van der Waals surface area (Å²) < 4.78 is 33.7. The van der Waals surface area contributed by atoms with Gasteiger partial charge in [0.1, 0.15) is 5.76 Å². The van der Waals surface area contributed by atoms with E-state index in [1.807, 2.05) is 19.9 Å². The summed E-state index contributed by atoms with van der Waals surface area (Å²) in [7, 11) is -3.54. The Morgan fingerprint density at radius 2 is 1.85 bits per heavy atom. The number of carbonyl (C=O) groups excluding carboxylic acids is 1. The van der Waals surface area contributed by atoms with Crippen molar-refractivity contribution < 1.29 is 17.6 Å². The van der Waals surface area contributed by atoms with Crippen LogP contribution in [0.3, 0.4) is 0 Å². The maximum atomic E-state index is 13.6. The molecule has 7 nitrogen and oxygen atoms in total. The molecule has 0 saturated carbocycles. The van der Waals surface area contributed by atoms with Crippen LogP contribution in [-0.4, -0.2) is 36.7 Å². The quantitative estimate of drug-likeness (QED) is 0.370. The molecule has 0 N–H and O–H groups in total. The number of thiazole rings is 1. The van der Waals surface area contributed by atoms with E-state index in [0.29, 0.717) is 29.5 Å². The summed E-state index contributed by atoms with van der Waals surface area (Å²) >= 11 is 1.45. The number of amides is 1. The van der Waals surface area contributed by atoms with Crippen molar-refractivity contribution >= 4 is 42.6 Å². The zero-order valence-corrected chi connectivity index (χ0v) is 20.7. The second-order valence-corrected chi connectivity index (χ2v) is 11.5. The molecule has 3 heterocycles. The Kier molecular flexibility index (Phi) is 6.01. The number of aryl methyl sites for hydroxylation is 2. The number of hydrogen-bond donors (Lipinski definition) is 0. The van der Waals surface area contributed by atoms with Gasteiger partial charge in [-0.1, -0.05) is 17.4 Å². The SMILES string of the molecule is Cc1cc(C)c2nc(N(Cc3ccco3)C(=O)c3ccc(S(=O)(=O)N4CCCC4)cc3)sc2c1. The van der Waals surface area contributed by atoms with Crippen molar-refractivity contribution in [2.45, 2.75) is 38.1 Å². The molecule has 0 aliphatic carbocycles. The number of furan rings is 1. The molecule has 2 aromatic heterocycles. The molecule has 1 saturated heterocycles. The van der Waals surface area contributed by atoms with Gasteiger partial charge in [-0.15, -0.1) is 0 Å². The van der Waals surface area contributed by atoms with Crippen LogP contribution in [0, 0.1) is 13.8 Å². The molecule has 0 radical (unpaired) electrons. The van der Waals surface area contributed by atoms with Crippen LogP contribution >= 0.6 is 11.3 Å². The highest BCUT2D eigenvalue weighted by Crippen LogP contribution is 2.33. The Hall–Kier alpha value is -3.01. The van der Waals surface area contributed by atoms with Gasteiger partial charge in [0.25, 0.3) is 5.91 Å². The van der Waals surface area contributed by atoms with Crippen molar-refractivity contribution in [1.29, 1.82) is 0 Å². The van der Waals surface area contributed by atoms with Crippen LogP contribution in [-0.2, 0) is 16.6 Å². The summed E-state index contributed by atoms with van der Waals surface area (Å²) in [6, 6.07) is 13.9. The highest BCUT2D eigenvalue weighted by atomic mass is 32.2. The smallest absolute Gasteiger partial charge is 0.260 e. The second kappa shape index (κ2) is 8.98. The average molecular weight is 496 g/mol. The highest BCUT2D eigenvalue weighted by Gasteiger charge is 2.28. The van der Waals surface area contributed by atoms with Crippen LogP contribution in [0.15, 0.2) is 64.1 Å². The van der Waals surface area contributed by atoms with Crippen LogP contribution in [0.2, 0.25) is 0 Å². The molecular weight excluding hydrogens is 470 g/mol. The lowest BCUT2D eigenvalue weighted by molar-refractivity contribution is 0.0983. The van der Waals surface area contributed by atoms with Gasteiger partial charge >= 0.3 is 0 Å². The van der Waals surface area contributed by atoms with Crippen molar-refractivity contribution in [2.75, 3.05) is 18.0 Å². The van der Waals surface area contributed by atoms with Crippen LogP contribution in [0.1, 0.15) is 40.1 Å². The molecule has 176 valence electrons. The minimum absolute atomic E-state index is 0.203. The topological polar surface area (TPSA) is 83.7 Å². The summed E-state index contributed by atoms with van der Waals surface area (Å²) in [5, 5.41) is 0.568. The molecular formula is C25H25N3O4S2. The van der Waals surface area contributed by atoms with Crippen LogP contribution in [0.5, 0.6) is 0 Å². The van der Waals surface area contributed by atoms with E-state index in [1.165, 1.54) is 27.8 Å². The van der Waals surface area contributed by atoms with Crippen molar-refractivity contribution in [3.8, 4) is 0 Å². The van der Waals surface area contributed by atoms with Gasteiger partial charge in [-0.05, 0) is 80.3 Å². The molecule has 5 rings (SSSR count). The third kappa shape index (κ3) is 4.26. The number of fused-ring (bicyclic) bond motifs is 1. The van der Waals surface area contributed by atoms with E-state index in [9.17, 15) is 13.2 Å². The lowest BCUT2D eigenvalue weighted by Gasteiger charge is -2.19. The first kappa shape index (κ1) is 22.8. The maximum Gasteiger partial charge on any atom is 0.260 e. The summed E-state index contributed by atoms with van der Waals surface area (Å²) in [4.78, 5) is 20.2. The number of anilines is 1. The Bertz CT molecular complexity index is 1440. The number of carbonyl (C=O) groups is 1. The molecule has 34 heavy (non-hydrogen) atoms. The van der Waals surface area contributed by atoms with Crippen molar-refractivity contribution in [3.05, 3.63) is 77.2 Å². The Morgan fingerprint density at radius 3 is 2.53 bits per heavy atom. The predicted octanol–water partition coefficient (Wildman–Crippen LogP) is 5.14. The van der Waals surface area contributed by atoms with E-state index < -0.39 is 10.0 Å². The molecule has 2 aromatic carbocycles. The first-order chi connectivity index (χ1) is 16.3. The molecule has 4 aromatic rings. The molecule has 0 unspecified atom stereocenters. The minimum atomic E-state index is -3.54. The number of benzene rings is 2. The van der Waals surface area contributed by atoms with E-state index in [-0.39, 0.29) is 17.3 Å². The van der Waals surface area contributed by atoms with Crippen LogP contribution in [0.25, 0.3) is 10.2 Å². The third-order valence-corrected chi connectivity index (χ3v) is 8.93. The molecule has 0 spiro atoms. The number of sulfonamides is 1. The Balaban J connectivity index is 1.49. The van der Waals surface area contributed by atoms with Crippen LogP contribution < -0.4 is 4.90 Å². The largest absolute Gasteiger partial charge is 0.467 e. The van der Waals surface area contributed by atoms with Gasteiger partial charge in [-0.25, -0.2) is 13.4 Å². The molecule has 1 aliphatic heterocycles. The molecule has 0 atom stereocenters. The predicted molar refractivity (Wildman–Crippen MR) is 133 cm³/mol. The normalized spacial score (nSPS) is 14.6. The van der Waals surface area contributed by atoms with E-state index in [4.69, 9.17) is 9.40 Å². The molecule has 0 bridgehead atoms. The van der Waals surface area contributed by atoms with E-state index in [0.717, 1.165) is 34.2 Å². The lowest BCUT2D eigenvalue weighted by Crippen LogP contribution is -2.30. The number of rotatable bonds is 6. The number of nitrogens with zero attached hydrogens (tertiary/aromatic N) is 3. The minimum Gasteiger partial charge on any atom is -0.467 e. The van der Waals surface area contributed by atoms with Gasteiger partial charge in [0.05, 0.1) is 27.9 Å². The average Bonchev–Trinajstić information content (AvgIpc) is 3.59. The van der Waals surface area contributed by atoms with Gasteiger partial charge in [0, 0.05) is 18.7 Å². The zero-order chi connectivity index (χ0) is 23.9. The Morgan fingerprint density at radius 1 is 1.12 bits per heavy atom. The van der Waals surface area contributed by atoms with Gasteiger partial charge < -0.3 is 4.42 Å². The fourth-order valence-electron chi connectivity index (χ4n) is 4.26. The van der Waals surface area contributed by atoms with Gasteiger partial charge in [-0.3, -0.25) is 9.69 Å². The molecule has 1 aliphatic rings. The highest BCUT2D eigenvalue weighted by molar-refractivity contribution is 7.89. The van der Waals surface area contributed by atoms with Crippen LogP contribution in [0.4, 0.5) is 5.13 Å².